The maximum absolute atomic E-state index is 5.89. The lowest BCUT2D eigenvalue weighted by Crippen LogP contribution is -2.35. The summed E-state index contributed by atoms with van der Waals surface area (Å²) in [6.45, 7) is 5.13. The molecule has 0 spiro atoms. The van der Waals surface area contributed by atoms with E-state index in [1.807, 2.05) is 36.4 Å². The van der Waals surface area contributed by atoms with Crippen molar-refractivity contribution in [3.63, 3.8) is 0 Å². The molecule has 0 amide bonds. The van der Waals surface area contributed by atoms with E-state index in [0.29, 0.717) is 6.61 Å². The number of morpholine rings is 1. The average molecular weight is 334 g/mol. The van der Waals surface area contributed by atoms with Crippen molar-refractivity contribution < 1.29 is 9.47 Å². The minimum atomic E-state index is 0.480. The predicted octanol–water partition coefficient (Wildman–Crippen LogP) is 3.65. The van der Waals surface area contributed by atoms with Gasteiger partial charge in [-0.25, -0.2) is 4.98 Å². The third kappa shape index (κ3) is 4.16. The van der Waals surface area contributed by atoms with E-state index in [0.717, 1.165) is 55.2 Å². The van der Waals surface area contributed by atoms with Crippen LogP contribution in [-0.4, -0.2) is 36.2 Å². The molecule has 4 nitrogen and oxygen atoms in total. The number of aromatic nitrogens is 1. The van der Waals surface area contributed by atoms with Gasteiger partial charge in [0.1, 0.15) is 12.4 Å². The van der Waals surface area contributed by atoms with Gasteiger partial charge in [-0.2, -0.15) is 0 Å². The molecule has 1 saturated heterocycles. The van der Waals surface area contributed by atoms with E-state index >= 15 is 0 Å². The molecule has 1 aromatic heterocycles. The summed E-state index contributed by atoms with van der Waals surface area (Å²) in [5.41, 5.74) is 3.25. The van der Waals surface area contributed by atoms with Gasteiger partial charge >= 0.3 is 0 Å². The molecule has 2 heterocycles. The Hall–Kier alpha value is -2.43. The molecule has 3 aromatic rings. The maximum atomic E-state index is 5.89. The van der Waals surface area contributed by atoms with Gasteiger partial charge < -0.3 is 9.47 Å². The number of benzene rings is 2. The monoisotopic (exact) mass is 334 g/mol. The molecule has 0 N–H and O–H groups in total. The molecule has 25 heavy (non-hydrogen) atoms. The van der Waals surface area contributed by atoms with Crippen molar-refractivity contribution in [1.29, 1.82) is 0 Å². The number of nitrogens with zero attached hydrogens (tertiary/aromatic N) is 2. The molecular formula is C21H22N2O2. The number of hydrogen-bond donors (Lipinski definition) is 0. The van der Waals surface area contributed by atoms with E-state index in [9.17, 15) is 0 Å². The molecule has 2 aromatic carbocycles. The molecular weight excluding hydrogens is 312 g/mol. The van der Waals surface area contributed by atoms with Gasteiger partial charge in [-0.3, -0.25) is 4.90 Å². The van der Waals surface area contributed by atoms with Crippen molar-refractivity contribution in [3.05, 3.63) is 71.9 Å². The van der Waals surface area contributed by atoms with Crippen LogP contribution in [0.15, 0.2) is 60.7 Å². The van der Waals surface area contributed by atoms with Crippen molar-refractivity contribution in [3.8, 4) is 5.75 Å². The van der Waals surface area contributed by atoms with Gasteiger partial charge in [-0.1, -0.05) is 36.4 Å². The Morgan fingerprint density at radius 1 is 0.920 bits per heavy atom. The lowest BCUT2D eigenvalue weighted by atomic mass is 10.2. The summed E-state index contributed by atoms with van der Waals surface area (Å²) >= 11 is 0. The molecule has 0 atom stereocenters. The highest BCUT2D eigenvalue weighted by Gasteiger charge is 2.10. The van der Waals surface area contributed by atoms with Crippen LogP contribution in [0.5, 0.6) is 5.75 Å². The van der Waals surface area contributed by atoms with Crippen molar-refractivity contribution >= 4 is 10.9 Å². The van der Waals surface area contributed by atoms with Crippen LogP contribution in [0.25, 0.3) is 10.9 Å². The quantitative estimate of drug-likeness (QED) is 0.713. The molecule has 0 bridgehead atoms. The highest BCUT2D eigenvalue weighted by atomic mass is 16.5. The zero-order valence-electron chi connectivity index (χ0n) is 14.2. The van der Waals surface area contributed by atoms with Gasteiger partial charge in [0.2, 0.25) is 0 Å². The Bertz CT molecular complexity index is 827. The Morgan fingerprint density at radius 3 is 2.56 bits per heavy atom. The van der Waals surface area contributed by atoms with Gasteiger partial charge in [-0.05, 0) is 29.8 Å². The summed E-state index contributed by atoms with van der Waals surface area (Å²) < 4.78 is 11.3. The van der Waals surface area contributed by atoms with Crippen molar-refractivity contribution in [2.75, 3.05) is 26.3 Å². The second-order valence-corrected chi connectivity index (χ2v) is 6.32. The topological polar surface area (TPSA) is 34.6 Å². The highest BCUT2D eigenvalue weighted by molar-refractivity contribution is 5.78. The van der Waals surface area contributed by atoms with Crippen molar-refractivity contribution in [2.45, 2.75) is 13.2 Å². The van der Waals surface area contributed by atoms with Crippen LogP contribution in [0.4, 0.5) is 0 Å². The van der Waals surface area contributed by atoms with Crippen LogP contribution >= 0.6 is 0 Å². The standard InChI is InChI=1S/C21H22N2O2/c1-2-4-21-18(3-1)7-8-19(22-21)16-25-20-9-5-17(6-10-20)15-23-11-13-24-14-12-23/h1-10H,11-16H2. The van der Waals surface area contributed by atoms with Gasteiger partial charge in [0.15, 0.2) is 0 Å². The first kappa shape index (κ1) is 16.1. The van der Waals surface area contributed by atoms with Crippen molar-refractivity contribution in [2.24, 2.45) is 0 Å². The predicted molar refractivity (Wildman–Crippen MR) is 98.6 cm³/mol. The second kappa shape index (κ2) is 7.64. The molecule has 4 rings (SSSR count). The fourth-order valence-electron chi connectivity index (χ4n) is 3.05. The fraction of sp³-hybridized carbons (Fsp3) is 0.286. The van der Waals surface area contributed by atoms with Gasteiger partial charge in [0, 0.05) is 25.0 Å². The summed E-state index contributed by atoms with van der Waals surface area (Å²) in [4.78, 5) is 7.06. The Morgan fingerprint density at radius 2 is 1.72 bits per heavy atom. The van der Waals surface area contributed by atoms with Gasteiger partial charge in [-0.15, -0.1) is 0 Å². The van der Waals surface area contributed by atoms with Crippen LogP contribution in [0.3, 0.4) is 0 Å². The number of fused-ring (bicyclic) bond motifs is 1. The Kier molecular flexibility index (Phi) is 4.91. The van der Waals surface area contributed by atoms with Crippen LogP contribution < -0.4 is 4.74 Å². The lowest BCUT2D eigenvalue weighted by Gasteiger charge is -2.26. The average Bonchev–Trinajstić information content (AvgIpc) is 2.68. The number of para-hydroxylation sites is 1. The lowest BCUT2D eigenvalue weighted by molar-refractivity contribution is 0.0342. The van der Waals surface area contributed by atoms with E-state index in [2.05, 4.69) is 34.1 Å². The number of hydrogen-bond acceptors (Lipinski definition) is 4. The summed E-state index contributed by atoms with van der Waals surface area (Å²) in [6, 6.07) is 20.6. The van der Waals surface area contributed by atoms with E-state index in [-0.39, 0.29) is 0 Å². The third-order valence-electron chi connectivity index (χ3n) is 4.48. The molecule has 4 heteroatoms. The largest absolute Gasteiger partial charge is 0.487 e. The van der Waals surface area contributed by atoms with Crippen molar-refractivity contribution in [1.82, 2.24) is 9.88 Å². The summed E-state index contributed by atoms with van der Waals surface area (Å²) in [7, 11) is 0. The van der Waals surface area contributed by atoms with E-state index in [4.69, 9.17) is 9.47 Å². The zero-order valence-corrected chi connectivity index (χ0v) is 14.2. The van der Waals surface area contributed by atoms with E-state index in [1.165, 1.54) is 5.56 Å². The summed E-state index contributed by atoms with van der Waals surface area (Å²) in [6.07, 6.45) is 0. The van der Waals surface area contributed by atoms with Gasteiger partial charge in [0.05, 0.1) is 24.4 Å². The van der Waals surface area contributed by atoms with E-state index in [1.54, 1.807) is 0 Å². The maximum Gasteiger partial charge on any atom is 0.130 e. The third-order valence-corrected chi connectivity index (χ3v) is 4.48. The number of ether oxygens (including phenoxy) is 2. The Balaban J connectivity index is 1.35. The minimum absolute atomic E-state index is 0.480. The molecule has 0 saturated carbocycles. The smallest absolute Gasteiger partial charge is 0.130 e. The van der Waals surface area contributed by atoms with Gasteiger partial charge in [0.25, 0.3) is 0 Å². The van der Waals surface area contributed by atoms with Crippen LogP contribution in [0.2, 0.25) is 0 Å². The molecule has 0 radical (unpaired) electrons. The molecule has 1 fully saturated rings. The second-order valence-electron chi connectivity index (χ2n) is 6.32. The molecule has 0 unspecified atom stereocenters. The van der Waals surface area contributed by atoms with E-state index < -0.39 is 0 Å². The SMILES string of the molecule is c1ccc2nc(COc3ccc(CN4CCOCC4)cc3)ccc2c1. The van der Waals surface area contributed by atoms with Crippen LogP contribution in [0.1, 0.15) is 11.3 Å². The highest BCUT2D eigenvalue weighted by Crippen LogP contribution is 2.17. The fourth-order valence-corrected chi connectivity index (χ4v) is 3.05. The van der Waals surface area contributed by atoms with Crippen LogP contribution in [0, 0.1) is 0 Å². The van der Waals surface area contributed by atoms with Crippen LogP contribution in [-0.2, 0) is 17.9 Å². The number of rotatable bonds is 5. The molecule has 0 aliphatic carbocycles. The summed E-state index contributed by atoms with van der Waals surface area (Å²) in [5.74, 6) is 0.876. The molecule has 128 valence electrons. The first-order chi connectivity index (χ1) is 12.4. The normalized spacial score (nSPS) is 15.4. The molecule has 1 aliphatic rings. The summed E-state index contributed by atoms with van der Waals surface area (Å²) in [5, 5.41) is 1.15. The first-order valence-corrected chi connectivity index (χ1v) is 8.73. The molecule has 1 aliphatic heterocycles. The Labute approximate surface area is 148 Å². The number of pyridine rings is 1. The first-order valence-electron chi connectivity index (χ1n) is 8.73. The minimum Gasteiger partial charge on any atom is -0.487 e. The zero-order chi connectivity index (χ0) is 16.9.